The molecule has 96 valence electrons. The molecule has 1 aromatic carbocycles. The molecule has 0 unspecified atom stereocenters. The summed E-state index contributed by atoms with van der Waals surface area (Å²) in [5.74, 6) is 1.53. The van der Waals surface area contributed by atoms with Crippen molar-refractivity contribution in [1.82, 2.24) is 0 Å². The molecule has 1 aromatic rings. The molecule has 0 atom stereocenters. The fraction of sp³-hybridized carbons (Fsp3) is 0.571. The van der Waals surface area contributed by atoms with Gasteiger partial charge in [0.05, 0.1) is 12.8 Å². The number of nitrogens with two attached hydrogens (primary N) is 1. The van der Waals surface area contributed by atoms with Crippen molar-refractivity contribution in [3.63, 3.8) is 0 Å². The highest BCUT2D eigenvalue weighted by Gasteiger charge is 2.00. The highest BCUT2D eigenvalue weighted by molar-refractivity contribution is 5.61. The summed E-state index contributed by atoms with van der Waals surface area (Å²) >= 11 is 0. The predicted molar refractivity (Wildman–Crippen MR) is 74.6 cm³/mol. The van der Waals surface area contributed by atoms with Crippen molar-refractivity contribution in [2.75, 3.05) is 24.7 Å². The second kappa shape index (κ2) is 7.05. The fourth-order valence-electron chi connectivity index (χ4n) is 1.73. The van der Waals surface area contributed by atoms with Crippen LogP contribution in [0.15, 0.2) is 18.2 Å². The van der Waals surface area contributed by atoms with Gasteiger partial charge in [0.2, 0.25) is 0 Å². The number of nitrogen functional groups attached to an aromatic ring is 1. The van der Waals surface area contributed by atoms with Crippen LogP contribution in [0.4, 0.5) is 11.4 Å². The van der Waals surface area contributed by atoms with Gasteiger partial charge in [-0.05, 0) is 24.5 Å². The summed E-state index contributed by atoms with van der Waals surface area (Å²) in [4.78, 5) is 0. The zero-order valence-electron chi connectivity index (χ0n) is 11.1. The minimum absolute atomic E-state index is 0.679. The molecule has 0 aliphatic heterocycles. The van der Waals surface area contributed by atoms with Gasteiger partial charge in [-0.25, -0.2) is 0 Å². The molecule has 3 N–H and O–H groups in total. The Morgan fingerprint density at radius 2 is 2.06 bits per heavy atom. The van der Waals surface area contributed by atoms with Crippen molar-refractivity contribution in [1.29, 1.82) is 0 Å². The van der Waals surface area contributed by atoms with Crippen LogP contribution in [0.3, 0.4) is 0 Å². The number of nitrogens with one attached hydrogen (secondary N) is 1. The van der Waals surface area contributed by atoms with Crippen molar-refractivity contribution in [3.8, 4) is 5.75 Å². The quantitative estimate of drug-likeness (QED) is 0.562. The summed E-state index contributed by atoms with van der Waals surface area (Å²) in [6, 6.07) is 5.80. The van der Waals surface area contributed by atoms with E-state index in [4.69, 9.17) is 10.5 Å². The first-order chi connectivity index (χ1) is 8.13. The topological polar surface area (TPSA) is 47.3 Å². The van der Waals surface area contributed by atoms with E-state index in [1.54, 1.807) is 7.11 Å². The van der Waals surface area contributed by atoms with Crippen molar-refractivity contribution in [2.45, 2.75) is 33.1 Å². The average molecular weight is 236 g/mol. The molecule has 17 heavy (non-hydrogen) atoms. The number of methoxy groups -OCH3 is 1. The van der Waals surface area contributed by atoms with Gasteiger partial charge in [0.1, 0.15) is 5.75 Å². The van der Waals surface area contributed by atoms with E-state index in [0.29, 0.717) is 5.69 Å². The third-order valence-electron chi connectivity index (χ3n) is 2.77. The van der Waals surface area contributed by atoms with E-state index in [9.17, 15) is 0 Å². The Labute approximate surface area is 104 Å². The van der Waals surface area contributed by atoms with Crippen LogP contribution in [-0.4, -0.2) is 13.7 Å². The maximum atomic E-state index is 5.76. The molecule has 0 fully saturated rings. The zero-order chi connectivity index (χ0) is 12.7. The maximum Gasteiger partial charge on any atom is 0.143 e. The van der Waals surface area contributed by atoms with E-state index in [-0.39, 0.29) is 0 Å². The molecule has 3 heteroatoms. The van der Waals surface area contributed by atoms with Crippen LogP contribution in [0.5, 0.6) is 5.75 Å². The van der Waals surface area contributed by atoms with Crippen LogP contribution in [0.2, 0.25) is 0 Å². The molecule has 0 radical (unpaired) electrons. The molecule has 0 bridgehead atoms. The number of anilines is 2. The summed E-state index contributed by atoms with van der Waals surface area (Å²) in [5.41, 5.74) is 7.51. The van der Waals surface area contributed by atoms with E-state index < -0.39 is 0 Å². The molecule has 0 amide bonds. The number of unbranched alkanes of at least 4 members (excludes halogenated alkanes) is 1. The lowest BCUT2D eigenvalue weighted by molar-refractivity contribution is 0.417. The molecule has 3 nitrogen and oxygen atoms in total. The Bertz CT molecular complexity index is 337. The third-order valence-corrected chi connectivity index (χ3v) is 2.77. The molecule has 0 saturated carbocycles. The Kier molecular flexibility index (Phi) is 5.67. The van der Waals surface area contributed by atoms with Crippen LogP contribution >= 0.6 is 0 Å². The molecule has 1 rings (SSSR count). The first-order valence-corrected chi connectivity index (χ1v) is 6.31. The van der Waals surface area contributed by atoms with Crippen molar-refractivity contribution < 1.29 is 4.74 Å². The molecular formula is C14H24N2O. The van der Waals surface area contributed by atoms with Gasteiger partial charge in [0.15, 0.2) is 0 Å². The molecule has 0 aliphatic rings. The summed E-state index contributed by atoms with van der Waals surface area (Å²) in [5, 5.41) is 3.38. The van der Waals surface area contributed by atoms with Gasteiger partial charge < -0.3 is 15.8 Å². The Balaban J connectivity index is 2.32. The highest BCUT2D eigenvalue weighted by Crippen LogP contribution is 2.24. The Morgan fingerprint density at radius 1 is 1.29 bits per heavy atom. The standard InChI is InChI=1S/C14H24N2O/c1-11(2)6-4-5-9-16-12-7-8-13(15)14(10-12)17-3/h7-8,10-11,16H,4-6,9,15H2,1-3H3. The summed E-state index contributed by atoms with van der Waals surface area (Å²) in [7, 11) is 1.64. The van der Waals surface area contributed by atoms with E-state index >= 15 is 0 Å². The number of rotatable bonds is 7. The van der Waals surface area contributed by atoms with E-state index in [2.05, 4.69) is 19.2 Å². The lowest BCUT2D eigenvalue weighted by Gasteiger charge is -2.10. The molecular weight excluding hydrogens is 212 g/mol. The lowest BCUT2D eigenvalue weighted by Crippen LogP contribution is -2.03. The highest BCUT2D eigenvalue weighted by atomic mass is 16.5. The first kappa shape index (κ1) is 13.7. The van der Waals surface area contributed by atoms with Gasteiger partial charge >= 0.3 is 0 Å². The third kappa shape index (κ3) is 4.98. The largest absolute Gasteiger partial charge is 0.495 e. The normalized spacial score (nSPS) is 10.6. The van der Waals surface area contributed by atoms with E-state index in [1.165, 1.54) is 19.3 Å². The molecule has 0 aliphatic carbocycles. The first-order valence-electron chi connectivity index (χ1n) is 6.31. The van der Waals surface area contributed by atoms with Gasteiger partial charge in [-0.2, -0.15) is 0 Å². The van der Waals surface area contributed by atoms with Gasteiger partial charge in [0.25, 0.3) is 0 Å². The van der Waals surface area contributed by atoms with Crippen molar-refractivity contribution in [2.24, 2.45) is 5.92 Å². The summed E-state index contributed by atoms with van der Waals surface area (Å²) in [6.45, 7) is 5.52. The molecule has 0 spiro atoms. The summed E-state index contributed by atoms with van der Waals surface area (Å²) in [6.07, 6.45) is 3.77. The zero-order valence-corrected chi connectivity index (χ0v) is 11.1. The maximum absolute atomic E-state index is 5.76. The van der Waals surface area contributed by atoms with Gasteiger partial charge in [-0.1, -0.05) is 26.7 Å². The Hall–Kier alpha value is -1.38. The van der Waals surface area contributed by atoms with E-state index in [0.717, 1.165) is 23.9 Å². The minimum atomic E-state index is 0.679. The smallest absolute Gasteiger partial charge is 0.143 e. The molecule has 0 aromatic heterocycles. The molecule has 0 heterocycles. The number of hydrogen-bond donors (Lipinski definition) is 2. The lowest BCUT2D eigenvalue weighted by atomic mass is 10.1. The van der Waals surface area contributed by atoms with Crippen LogP contribution in [0.25, 0.3) is 0 Å². The van der Waals surface area contributed by atoms with Crippen LogP contribution < -0.4 is 15.8 Å². The Morgan fingerprint density at radius 3 is 2.71 bits per heavy atom. The van der Waals surface area contributed by atoms with Crippen LogP contribution in [-0.2, 0) is 0 Å². The van der Waals surface area contributed by atoms with E-state index in [1.807, 2.05) is 18.2 Å². The average Bonchev–Trinajstić information content (AvgIpc) is 2.30. The SMILES string of the molecule is COc1cc(NCCCCC(C)C)ccc1N. The fourth-order valence-corrected chi connectivity index (χ4v) is 1.73. The number of ether oxygens (including phenoxy) is 1. The predicted octanol–water partition coefficient (Wildman–Crippen LogP) is 3.52. The number of benzene rings is 1. The minimum Gasteiger partial charge on any atom is -0.495 e. The molecule has 0 saturated heterocycles. The summed E-state index contributed by atoms with van der Waals surface area (Å²) < 4.78 is 5.18. The van der Waals surface area contributed by atoms with Gasteiger partial charge in [-0.3, -0.25) is 0 Å². The van der Waals surface area contributed by atoms with Gasteiger partial charge in [0, 0.05) is 18.3 Å². The van der Waals surface area contributed by atoms with Crippen molar-refractivity contribution in [3.05, 3.63) is 18.2 Å². The van der Waals surface area contributed by atoms with Gasteiger partial charge in [-0.15, -0.1) is 0 Å². The number of hydrogen-bond acceptors (Lipinski definition) is 3. The van der Waals surface area contributed by atoms with Crippen molar-refractivity contribution >= 4 is 11.4 Å². The van der Waals surface area contributed by atoms with Crippen LogP contribution in [0, 0.1) is 5.92 Å². The second-order valence-corrected chi connectivity index (χ2v) is 4.77. The second-order valence-electron chi connectivity index (χ2n) is 4.77. The van der Waals surface area contributed by atoms with Crippen LogP contribution in [0.1, 0.15) is 33.1 Å². The monoisotopic (exact) mass is 236 g/mol.